The predicted octanol–water partition coefficient (Wildman–Crippen LogP) is 2.05. The van der Waals surface area contributed by atoms with Crippen LogP contribution in [0.4, 0.5) is 10.2 Å². The van der Waals surface area contributed by atoms with E-state index in [0.717, 1.165) is 5.56 Å². The highest BCUT2D eigenvalue weighted by molar-refractivity contribution is 6.00. The van der Waals surface area contributed by atoms with Crippen LogP contribution in [0.15, 0.2) is 24.5 Å². The molecule has 0 aliphatic carbocycles. The molecule has 0 spiro atoms. The maximum absolute atomic E-state index is 14.6. The number of hydrogen-bond donors (Lipinski definition) is 1. The summed E-state index contributed by atoms with van der Waals surface area (Å²) >= 11 is 0. The van der Waals surface area contributed by atoms with Gasteiger partial charge in [-0.05, 0) is 12.1 Å². The van der Waals surface area contributed by atoms with E-state index < -0.39 is 0 Å². The summed E-state index contributed by atoms with van der Waals surface area (Å²) in [4.78, 5) is 14.1. The molecule has 8 nitrogen and oxygen atoms in total. The van der Waals surface area contributed by atoms with Crippen molar-refractivity contribution >= 4 is 17.4 Å². The van der Waals surface area contributed by atoms with Crippen LogP contribution >= 0.6 is 0 Å². The van der Waals surface area contributed by atoms with Gasteiger partial charge in [0.2, 0.25) is 0 Å². The molecule has 9 heteroatoms. The lowest BCUT2D eigenvalue weighted by molar-refractivity contribution is 0.0828. The van der Waals surface area contributed by atoms with Gasteiger partial charge in [-0.25, -0.2) is 4.39 Å². The SMILES string of the molecule is CN(C)C(=O)c1cc2c(n3cnnc13)NCc1c(F)ccc3c1[C@H](CO3)CO2. The number of anilines is 1. The lowest BCUT2D eigenvalue weighted by Crippen LogP contribution is -2.23. The normalized spacial score (nSPS) is 17.3. The Labute approximate surface area is 159 Å². The fourth-order valence-corrected chi connectivity index (χ4v) is 3.78. The summed E-state index contributed by atoms with van der Waals surface area (Å²) in [5, 5.41) is 11.3. The molecule has 1 amide bonds. The van der Waals surface area contributed by atoms with Crippen molar-refractivity contribution in [3.63, 3.8) is 0 Å². The first-order valence-electron chi connectivity index (χ1n) is 8.93. The lowest BCUT2D eigenvalue weighted by Gasteiger charge is -2.17. The minimum Gasteiger partial charge on any atom is -0.493 e. The van der Waals surface area contributed by atoms with Gasteiger partial charge in [0.15, 0.2) is 17.2 Å². The molecule has 2 aliphatic heterocycles. The van der Waals surface area contributed by atoms with Crippen LogP contribution < -0.4 is 14.8 Å². The van der Waals surface area contributed by atoms with Gasteiger partial charge in [-0.15, -0.1) is 10.2 Å². The Balaban J connectivity index is 1.66. The Morgan fingerprint density at radius 1 is 1.29 bits per heavy atom. The van der Waals surface area contributed by atoms with Gasteiger partial charge >= 0.3 is 0 Å². The first-order chi connectivity index (χ1) is 13.5. The van der Waals surface area contributed by atoms with Crippen molar-refractivity contribution in [3.05, 3.63) is 47.0 Å². The summed E-state index contributed by atoms with van der Waals surface area (Å²) in [7, 11) is 3.35. The van der Waals surface area contributed by atoms with E-state index in [-0.39, 0.29) is 24.2 Å². The third-order valence-electron chi connectivity index (χ3n) is 5.16. The quantitative estimate of drug-likeness (QED) is 0.693. The van der Waals surface area contributed by atoms with Gasteiger partial charge in [0, 0.05) is 37.8 Å². The molecule has 0 bridgehead atoms. The summed E-state index contributed by atoms with van der Waals surface area (Å²) in [6.07, 6.45) is 1.51. The number of benzene rings is 1. The van der Waals surface area contributed by atoms with Crippen molar-refractivity contribution in [2.45, 2.75) is 12.5 Å². The van der Waals surface area contributed by atoms with Gasteiger partial charge in [0.05, 0.1) is 24.7 Å². The van der Waals surface area contributed by atoms with Crippen LogP contribution in [0.25, 0.3) is 5.65 Å². The number of hydrogen-bond acceptors (Lipinski definition) is 6. The molecule has 0 fully saturated rings. The van der Waals surface area contributed by atoms with Gasteiger partial charge < -0.3 is 19.7 Å². The average Bonchev–Trinajstić information content (AvgIpc) is 3.32. The fraction of sp³-hybridized carbons (Fsp3) is 0.316. The molecule has 3 aromatic rings. The second-order valence-corrected chi connectivity index (χ2v) is 7.11. The van der Waals surface area contributed by atoms with Crippen molar-refractivity contribution in [1.82, 2.24) is 19.5 Å². The number of carbonyl (C=O) groups is 1. The minimum atomic E-state index is -0.287. The van der Waals surface area contributed by atoms with Gasteiger partial charge in [0.25, 0.3) is 5.91 Å². The number of halogens is 1. The van der Waals surface area contributed by atoms with E-state index in [0.29, 0.717) is 47.3 Å². The number of rotatable bonds is 1. The Morgan fingerprint density at radius 3 is 2.86 bits per heavy atom. The minimum absolute atomic E-state index is 0.0851. The number of ether oxygens (including phenoxy) is 2. The molecule has 0 saturated heterocycles. The number of aromatic nitrogens is 3. The molecule has 2 aromatic heterocycles. The number of nitrogens with one attached hydrogen (secondary N) is 1. The zero-order valence-corrected chi connectivity index (χ0v) is 15.4. The number of amides is 1. The molecule has 28 heavy (non-hydrogen) atoms. The molecule has 4 heterocycles. The highest BCUT2D eigenvalue weighted by Crippen LogP contribution is 2.40. The molecule has 144 valence electrons. The van der Waals surface area contributed by atoms with Crippen molar-refractivity contribution < 1.29 is 18.7 Å². The maximum atomic E-state index is 14.6. The van der Waals surface area contributed by atoms with Crippen LogP contribution in [0, 0.1) is 5.82 Å². The van der Waals surface area contributed by atoms with Crippen molar-refractivity contribution in [3.8, 4) is 11.5 Å². The zero-order chi connectivity index (χ0) is 19.4. The largest absolute Gasteiger partial charge is 0.493 e. The van der Waals surface area contributed by atoms with Gasteiger partial charge in [-0.2, -0.15) is 0 Å². The van der Waals surface area contributed by atoms with Crippen LogP contribution in [0.3, 0.4) is 0 Å². The molecule has 1 atom stereocenters. The van der Waals surface area contributed by atoms with Crippen molar-refractivity contribution in [2.24, 2.45) is 0 Å². The summed E-state index contributed by atoms with van der Waals surface area (Å²) in [5.74, 6) is 1.18. The predicted molar refractivity (Wildman–Crippen MR) is 98.5 cm³/mol. The molecule has 0 unspecified atom stereocenters. The van der Waals surface area contributed by atoms with Crippen LogP contribution in [-0.2, 0) is 6.54 Å². The third kappa shape index (κ3) is 2.39. The summed E-state index contributed by atoms with van der Waals surface area (Å²) in [6, 6.07) is 4.74. The average molecular weight is 383 g/mol. The molecular weight excluding hydrogens is 365 g/mol. The summed E-state index contributed by atoms with van der Waals surface area (Å²) in [5.41, 5.74) is 2.19. The maximum Gasteiger partial charge on any atom is 0.257 e. The van der Waals surface area contributed by atoms with E-state index in [4.69, 9.17) is 9.47 Å². The highest BCUT2D eigenvalue weighted by Gasteiger charge is 2.32. The van der Waals surface area contributed by atoms with Crippen LogP contribution in [0.1, 0.15) is 27.4 Å². The summed E-state index contributed by atoms with van der Waals surface area (Å²) in [6.45, 7) is 0.986. The second-order valence-electron chi connectivity index (χ2n) is 7.11. The van der Waals surface area contributed by atoms with E-state index in [1.807, 2.05) is 0 Å². The fourth-order valence-electron chi connectivity index (χ4n) is 3.78. The lowest BCUT2D eigenvalue weighted by atomic mass is 9.96. The van der Waals surface area contributed by atoms with E-state index in [9.17, 15) is 9.18 Å². The van der Waals surface area contributed by atoms with E-state index >= 15 is 0 Å². The topological polar surface area (TPSA) is 81.0 Å². The molecule has 0 radical (unpaired) electrons. The summed E-state index contributed by atoms with van der Waals surface area (Å²) < 4.78 is 28.0. The Kier molecular flexibility index (Phi) is 3.65. The molecule has 2 aliphatic rings. The first kappa shape index (κ1) is 16.8. The molecule has 0 saturated carbocycles. The number of carbonyl (C=O) groups excluding carboxylic acids is 1. The third-order valence-corrected chi connectivity index (χ3v) is 5.16. The van der Waals surface area contributed by atoms with E-state index in [2.05, 4.69) is 15.5 Å². The first-order valence-corrected chi connectivity index (χ1v) is 8.93. The van der Waals surface area contributed by atoms with Gasteiger partial charge in [0.1, 0.15) is 17.9 Å². The molecular formula is C19H18FN5O3. The number of fused-ring (bicyclic) bond motifs is 3. The molecule has 1 aromatic carbocycles. The highest BCUT2D eigenvalue weighted by atomic mass is 19.1. The standard InChI is InChI=1S/C19H18FN5O3/c1-24(2)19(26)11-5-15-18(25-9-22-23-17(11)25)21-6-12-13(20)3-4-14-16(12)10(7-27-14)8-28-15/h3-5,9-10,21H,6-8H2,1-2H3/t10-/m1/s1. The van der Waals surface area contributed by atoms with Crippen LogP contribution in [-0.4, -0.2) is 52.7 Å². The number of pyridine rings is 1. The van der Waals surface area contributed by atoms with Gasteiger partial charge in [-0.3, -0.25) is 9.20 Å². The van der Waals surface area contributed by atoms with E-state index in [1.54, 1.807) is 30.6 Å². The van der Waals surface area contributed by atoms with E-state index in [1.165, 1.54) is 17.3 Å². The smallest absolute Gasteiger partial charge is 0.257 e. The Morgan fingerprint density at radius 2 is 2.07 bits per heavy atom. The monoisotopic (exact) mass is 383 g/mol. The van der Waals surface area contributed by atoms with Crippen molar-refractivity contribution in [2.75, 3.05) is 32.6 Å². The number of nitrogens with zero attached hydrogens (tertiary/aromatic N) is 4. The van der Waals surface area contributed by atoms with Gasteiger partial charge in [-0.1, -0.05) is 0 Å². The van der Waals surface area contributed by atoms with Crippen molar-refractivity contribution in [1.29, 1.82) is 0 Å². The Hall–Kier alpha value is -3.36. The second kappa shape index (κ2) is 6.08. The van der Waals surface area contributed by atoms with Crippen LogP contribution in [0.5, 0.6) is 11.5 Å². The molecule has 1 N–H and O–H groups in total. The Bertz CT molecular complexity index is 1110. The zero-order valence-electron chi connectivity index (χ0n) is 15.4. The van der Waals surface area contributed by atoms with Crippen LogP contribution in [0.2, 0.25) is 0 Å². The molecule has 5 rings (SSSR count).